The predicted molar refractivity (Wildman–Crippen MR) is 95.5 cm³/mol. The minimum absolute atomic E-state index is 0.0112. The zero-order chi connectivity index (χ0) is 19.5. The molecule has 0 aliphatic carbocycles. The molecule has 0 aliphatic heterocycles. The fourth-order valence-electron chi connectivity index (χ4n) is 2.68. The van der Waals surface area contributed by atoms with Gasteiger partial charge < -0.3 is 8.98 Å². The van der Waals surface area contributed by atoms with Gasteiger partial charge in [0.15, 0.2) is 5.82 Å². The van der Waals surface area contributed by atoms with Crippen molar-refractivity contribution in [2.45, 2.75) is 13.0 Å². The second kappa shape index (κ2) is 7.47. The number of halogens is 2. The van der Waals surface area contributed by atoms with Crippen molar-refractivity contribution >= 4 is 0 Å². The fraction of sp³-hybridized carbons (Fsp3) is 0.105. The van der Waals surface area contributed by atoms with E-state index in [2.05, 4.69) is 20.2 Å². The number of hydrogen-bond acceptors (Lipinski definition) is 6. The van der Waals surface area contributed by atoms with E-state index in [9.17, 15) is 13.6 Å². The van der Waals surface area contributed by atoms with Crippen LogP contribution < -0.4 is 5.56 Å². The molecule has 0 amide bonds. The zero-order valence-electron chi connectivity index (χ0n) is 14.4. The highest BCUT2D eigenvalue weighted by molar-refractivity contribution is 5.53. The Hall–Kier alpha value is -3.75. The molecular formula is C19H13F2N5O2. The van der Waals surface area contributed by atoms with Crippen LogP contribution in [0.4, 0.5) is 8.78 Å². The first-order chi connectivity index (χ1) is 13.6. The van der Waals surface area contributed by atoms with Gasteiger partial charge in [-0.25, -0.2) is 9.97 Å². The quantitative estimate of drug-likeness (QED) is 0.527. The van der Waals surface area contributed by atoms with Crippen LogP contribution >= 0.6 is 0 Å². The molecule has 1 aromatic carbocycles. The van der Waals surface area contributed by atoms with Crippen LogP contribution in [0.1, 0.15) is 17.9 Å². The second-order valence-corrected chi connectivity index (χ2v) is 5.85. The Balaban J connectivity index is 1.63. The van der Waals surface area contributed by atoms with Crippen LogP contribution in [0.25, 0.3) is 23.0 Å². The van der Waals surface area contributed by atoms with Gasteiger partial charge >= 0.3 is 6.43 Å². The molecule has 0 aliphatic rings. The lowest BCUT2D eigenvalue weighted by Gasteiger charge is -2.11. The summed E-state index contributed by atoms with van der Waals surface area (Å²) >= 11 is 0. The summed E-state index contributed by atoms with van der Waals surface area (Å²) in [6.07, 6.45) is 0.401. The lowest BCUT2D eigenvalue weighted by atomic mass is 10.1. The van der Waals surface area contributed by atoms with Gasteiger partial charge in [-0.3, -0.25) is 4.79 Å². The average Bonchev–Trinajstić information content (AvgIpc) is 3.21. The van der Waals surface area contributed by atoms with Gasteiger partial charge in [0.05, 0.1) is 12.2 Å². The van der Waals surface area contributed by atoms with Gasteiger partial charge in [0, 0.05) is 24.0 Å². The Morgan fingerprint density at radius 3 is 2.39 bits per heavy atom. The van der Waals surface area contributed by atoms with Crippen molar-refractivity contribution in [3.05, 3.63) is 82.7 Å². The van der Waals surface area contributed by atoms with Gasteiger partial charge in [-0.2, -0.15) is 8.78 Å². The molecule has 0 N–H and O–H groups in total. The van der Waals surface area contributed by atoms with Crippen LogP contribution in [-0.4, -0.2) is 24.7 Å². The van der Waals surface area contributed by atoms with Gasteiger partial charge in [-0.1, -0.05) is 18.2 Å². The van der Waals surface area contributed by atoms with E-state index in [0.717, 1.165) is 5.56 Å². The molecule has 0 atom stereocenters. The number of rotatable bonds is 5. The summed E-state index contributed by atoms with van der Waals surface area (Å²) in [5.74, 6) is -0.262. The van der Waals surface area contributed by atoms with Gasteiger partial charge in [0.2, 0.25) is 5.89 Å². The maximum absolute atomic E-state index is 12.6. The van der Waals surface area contributed by atoms with Crippen molar-refractivity contribution in [1.82, 2.24) is 24.7 Å². The van der Waals surface area contributed by atoms with Crippen molar-refractivity contribution in [3.8, 4) is 23.0 Å². The predicted octanol–water partition coefficient (Wildman–Crippen LogP) is 3.34. The SMILES string of the molecule is O=c1cccc(-c2ncccn2)n1Cc1ccc(-c2nnc(C(F)F)o2)cc1. The van der Waals surface area contributed by atoms with E-state index in [1.807, 2.05) is 0 Å². The third-order valence-electron chi connectivity index (χ3n) is 4.01. The molecule has 140 valence electrons. The molecule has 7 nitrogen and oxygen atoms in total. The van der Waals surface area contributed by atoms with Crippen molar-refractivity contribution < 1.29 is 13.2 Å². The third-order valence-corrected chi connectivity index (χ3v) is 4.01. The van der Waals surface area contributed by atoms with Crippen molar-refractivity contribution in [3.63, 3.8) is 0 Å². The molecule has 9 heteroatoms. The summed E-state index contributed by atoms with van der Waals surface area (Å²) in [6.45, 7) is 0.291. The first kappa shape index (κ1) is 17.7. The molecule has 28 heavy (non-hydrogen) atoms. The molecule has 3 heterocycles. The molecule has 0 fully saturated rings. The second-order valence-electron chi connectivity index (χ2n) is 5.85. The van der Waals surface area contributed by atoms with E-state index in [-0.39, 0.29) is 11.4 Å². The monoisotopic (exact) mass is 381 g/mol. The first-order valence-electron chi connectivity index (χ1n) is 8.30. The Bertz CT molecular complexity index is 1140. The number of benzene rings is 1. The number of hydrogen-bond donors (Lipinski definition) is 0. The first-order valence-corrected chi connectivity index (χ1v) is 8.30. The van der Waals surface area contributed by atoms with E-state index in [0.29, 0.717) is 23.6 Å². The molecule has 0 saturated carbocycles. The number of aromatic nitrogens is 5. The van der Waals surface area contributed by atoms with Crippen LogP contribution in [0.3, 0.4) is 0 Å². The maximum atomic E-state index is 12.6. The fourth-order valence-corrected chi connectivity index (χ4v) is 2.68. The van der Waals surface area contributed by atoms with E-state index in [1.54, 1.807) is 59.4 Å². The smallest absolute Gasteiger partial charge is 0.314 e. The van der Waals surface area contributed by atoms with E-state index >= 15 is 0 Å². The molecule has 0 unspecified atom stereocenters. The van der Waals surface area contributed by atoms with Crippen molar-refractivity contribution in [2.24, 2.45) is 0 Å². The summed E-state index contributed by atoms with van der Waals surface area (Å²) in [5, 5.41) is 6.93. The summed E-state index contributed by atoms with van der Waals surface area (Å²) in [7, 11) is 0. The minimum Gasteiger partial charge on any atom is -0.415 e. The minimum atomic E-state index is -2.82. The molecule has 0 bridgehead atoms. The van der Waals surface area contributed by atoms with Crippen molar-refractivity contribution in [1.29, 1.82) is 0 Å². The highest BCUT2D eigenvalue weighted by atomic mass is 19.3. The van der Waals surface area contributed by atoms with E-state index in [4.69, 9.17) is 4.42 Å². The number of pyridine rings is 1. The molecule has 0 radical (unpaired) electrons. The van der Waals surface area contributed by atoms with Crippen LogP contribution in [0.15, 0.2) is 70.1 Å². The van der Waals surface area contributed by atoms with Crippen molar-refractivity contribution in [2.75, 3.05) is 0 Å². The number of alkyl halides is 2. The van der Waals surface area contributed by atoms with Gasteiger partial charge in [-0.15, -0.1) is 10.2 Å². The lowest BCUT2D eigenvalue weighted by molar-refractivity contribution is 0.116. The topological polar surface area (TPSA) is 86.7 Å². The molecule has 0 saturated heterocycles. The molecule has 4 aromatic rings. The van der Waals surface area contributed by atoms with Gasteiger partial charge in [0.1, 0.15) is 0 Å². The zero-order valence-corrected chi connectivity index (χ0v) is 14.4. The Kier molecular flexibility index (Phi) is 4.71. The Morgan fingerprint density at radius 2 is 1.71 bits per heavy atom. The van der Waals surface area contributed by atoms with Gasteiger partial charge in [-0.05, 0) is 29.8 Å². The molecule has 0 spiro atoms. The highest BCUT2D eigenvalue weighted by Crippen LogP contribution is 2.23. The Labute approximate surface area is 157 Å². The largest absolute Gasteiger partial charge is 0.415 e. The van der Waals surface area contributed by atoms with Crippen LogP contribution in [-0.2, 0) is 6.54 Å². The standard InChI is InChI=1S/C19H13F2N5O2/c20-16(21)19-25-24-18(28-19)13-7-5-12(6-8-13)11-26-14(3-1-4-15(26)27)17-22-9-2-10-23-17/h1-10,16H,11H2. The molecule has 4 rings (SSSR count). The molecular weight excluding hydrogens is 368 g/mol. The normalized spacial score (nSPS) is 11.1. The van der Waals surface area contributed by atoms with Gasteiger partial charge in [0.25, 0.3) is 11.4 Å². The third kappa shape index (κ3) is 3.54. The lowest BCUT2D eigenvalue weighted by Crippen LogP contribution is -2.21. The summed E-state index contributed by atoms with van der Waals surface area (Å²) < 4.78 is 31.7. The van der Waals surface area contributed by atoms with Crippen LogP contribution in [0.5, 0.6) is 0 Å². The highest BCUT2D eigenvalue weighted by Gasteiger charge is 2.17. The average molecular weight is 381 g/mol. The summed E-state index contributed by atoms with van der Waals surface area (Å²) in [4.78, 5) is 20.8. The number of nitrogens with zero attached hydrogens (tertiary/aromatic N) is 5. The van der Waals surface area contributed by atoms with E-state index in [1.165, 1.54) is 6.07 Å². The van der Waals surface area contributed by atoms with Crippen LogP contribution in [0.2, 0.25) is 0 Å². The Morgan fingerprint density at radius 1 is 0.964 bits per heavy atom. The van der Waals surface area contributed by atoms with Crippen LogP contribution in [0, 0.1) is 0 Å². The summed E-state index contributed by atoms with van der Waals surface area (Å²) in [5.41, 5.74) is 1.74. The summed E-state index contributed by atoms with van der Waals surface area (Å²) in [6, 6.07) is 13.5. The maximum Gasteiger partial charge on any atom is 0.314 e. The van der Waals surface area contributed by atoms with E-state index < -0.39 is 12.3 Å². The molecule has 3 aromatic heterocycles.